The normalized spacial score (nSPS) is 20.7. The average Bonchev–Trinajstić information content (AvgIpc) is 2.82. The van der Waals surface area contributed by atoms with Crippen LogP contribution in [0.15, 0.2) is 14.6 Å². The van der Waals surface area contributed by atoms with Gasteiger partial charge in [-0.25, -0.2) is 9.28 Å². The van der Waals surface area contributed by atoms with E-state index in [1.165, 1.54) is 4.57 Å². The zero-order valence-corrected chi connectivity index (χ0v) is 16.0. The largest absolute Gasteiger partial charge is 0.850 e. The van der Waals surface area contributed by atoms with E-state index in [0.29, 0.717) is 28.3 Å². The molecule has 1 aromatic rings. The first-order valence-electron chi connectivity index (χ1n) is 8.98. The van der Waals surface area contributed by atoms with Gasteiger partial charge in [0.2, 0.25) is 11.5 Å². The second kappa shape index (κ2) is 7.25. The van der Waals surface area contributed by atoms with E-state index in [0.717, 1.165) is 32.2 Å². The molecule has 2 rings (SSSR count). The molecule has 0 aromatic carbocycles. The Bertz CT molecular complexity index is 757. The number of hydrogen-bond acceptors (Lipinski definition) is 4. The van der Waals surface area contributed by atoms with Crippen molar-refractivity contribution in [1.82, 2.24) is 14.0 Å². The lowest BCUT2D eigenvalue weighted by atomic mass is 9.94. The van der Waals surface area contributed by atoms with Gasteiger partial charge in [-0.2, -0.15) is 4.99 Å². The minimum atomic E-state index is -0.842. The number of aliphatic imine (C=N–C) groups is 1. The summed E-state index contributed by atoms with van der Waals surface area (Å²) in [5, 5.41) is 11.6. The fraction of sp³-hybridized carbons (Fsp3) is 0.722. The van der Waals surface area contributed by atoms with Crippen molar-refractivity contribution in [3.05, 3.63) is 20.8 Å². The van der Waals surface area contributed by atoms with Crippen LogP contribution in [0.1, 0.15) is 52.9 Å². The van der Waals surface area contributed by atoms with Crippen LogP contribution in [0.5, 0.6) is 0 Å². The number of fused-ring (bicyclic) bond motifs is 1. The van der Waals surface area contributed by atoms with Crippen molar-refractivity contribution in [2.24, 2.45) is 18.0 Å². The van der Waals surface area contributed by atoms with Gasteiger partial charge >= 0.3 is 11.2 Å². The standard InChI is InChI=1S/C18H30N4O3/c1-13(8-6-10-18(2,3)25)9-7-11-22(5)12-19-15-14(22)16(23)20-17(24)21(15)4/h12-13H,6-11H2,1-5H3,(H,20,23,24)/t13-,22?/m1/s1. The van der Waals surface area contributed by atoms with Crippen LogP contribution < -0.4 is 20.8 Å². The van der Waals surface area contributed by atoms with E-state index >= 15 is 0 Å². The first kappa shape index (κ1) is 19.6. The van der Waals surface area contributed by atoms with Crippen LogP contribution in [0, 0.1) is 5.92 Å². The van der Waals surface area contributed by atoms with Crippen molar-refractivity contribution in [2.45, 2.75) is 58.5 Å². The van der Waals surface area contributed by atoms with Crippen molar-refractivity contribution in [1.29, 1.82) is 0 Å². The third kappa shape index (κ3) is 4.67. The van der Waals surface area contributed by atoms with Gasteiger partial charge < -0.3 is 5.11 Å². The summed E-state index contributed by atoms with van der Waals surface area (Å²) in [7, 11) is 3.56. The lowest BCUT2D eigenvalue weighted by Crippen LogP contribution is -2.47. The Morgan fingerprint density at radius 2 is 1.96 bits per heavy atom. The Hall–Kier alpha value is -1.73. The van der Waals surface area contributed by atoms with Gasteiger partial charge in [0, 0.05) is 7.05 Å². The molecule has 0 saturated heterocycles. The molecule has 1 aromatic heterocycles. The van der Waals surface area contributed by atoms with Crippen LogP contribution in [0.2, 0.25) is 0 Å². The number of hydrogen-bond donors (Lipinski definition) is 1. The van der Waals surface area contributed by atoms with Gasteiger partial charge in [-0.3, -0.25) is 14.3 Å². The van der Waals surface area contributed by atoms with Crippen molar-refractivity contribution in [3.63, 3.8) is 0 Å². The topological polar surface area (TPSA) is 90.3 Å². The van der Waals surface area contributed by atoms with Crippen molar-refractivity contribution in [3.8, 4) is 0 Å². The Morgan fingerprint density at radius 1 is 1.32 bits per heavy atom. The summed E-state index contributed by atoms with van der Waals surface area (Å²) in [5.41, 5.74) is -1.11. The highest BCUT2D eigenvalue weighted by Gasteiger charge is 2.36. The molecule has 2 heterocycles. The Labute approximate surface area is 148 Å². The van der Waals surface area contributed by atoms with E-state index in [-0.39, 0.29) is 5.56 Å². The van der Waals surface area contributed by atoms with E-state index in [9.17, 15) is 14.7 Å². The summed E-state index contributed by atoms with van der Waals surface area (Å²) in [4.78, 5) is 30.6. The molecule has 0 fully saturated rings. The predicted molar refractivity (Wildman–Crippen MR) is 99.4 cm³/mol. The van der Waals surface area contributed by atoms with E-state index < -0.39 is 11.3 Å². The first-order chi connectivity index (χ1) is 11.5. The third-order valence-electron chi connectivity index (χ3n) is 5.01. The zero-order valence-electron chi connectivity index (χ0n) is 16.0. The van der Waals surface area contributed by atoms with E-state index in [4.69, 9.17) is 0 Å². The minimum absolute atomic E-state index is 0.319. The van der Waals surface area contributed by atoms with Gasteiger partial charge in [0.05, 0.1) is 13.6 Å². The SMILES string of the molecule is C[C@H](CCCC(C)(C)[O-])CCC[N+]1(C)C=Nc2c1c(=O)[nH]c(=O)n2C. The van der Waals surface area contributed by atoms with Crippen LogP contribution in [-0.4, -0.2) is 35.1 Å². The summed E-state index contributed by atoms with van der Waals surface area (Å²) in [6.45, 7) is 6.44. The summed E-state index contributed by atoms with van der Waals surface area (Å²) in [6, 6.07) is 0. The van der Waals surface area contributed by atoms with Crippen LogP contribution >= 0.6 is 0 Å². The number of aromatic amines is 1. The summed E-state index contributed by atoms with van der Waals surface area (Å²) < 4.78 is 1.70. The molecule has 2 atom stereocenters. The number of H-pyrrole nitrogens is 1. The third-order valence-corrected chi connectivity index (χ3v) is 5.01. The Morgan fingerprint density at radius 3 is 2.60 bits per heavy atom. The smallest absolute Gasteiger partial charge is 0.330 e. The molecule has 0 aliphatic carbocycles. The molecule has 7 heteroatoms. The van der Waals surface area contributed by atoms with Gasteiger partial charge in [-0.1, -0.05) is 40.0 Å². The number of rotatable bonds is 8. The fourth-order valence-electron chi connectivity index (χ4n) is 3.40. The van der Waals surface area contributed by atoms with Gasteiger partial charge in [0.1, 0.15) is 0 Å². The van der Waals surface area contributed by atoms with E-state index in [1.807, 2.05) is 7.05 Å². The average molecular weight is 350 g/mol. The van der Waals surface area contributed by atoms with Crippen LogP contribution in [0.4, 0.5) is 11.5 Å². The maximum absolute atomic E-state index is 12.2. The maximum atomic E-state index is 12.2. The highest BCUT2D eigenvalue weighted by Crippen LogP contribution is 2.32. The van der Waals surface area contributed by atoms with Crippen LogP contribution in [0.3, 0.4) is 0 Å². The molecule has 0 bridgehead atoms. The molecular weight excluding hydrogens is 320 g/mol. The van der Waals surface area contributed by atoms with Crippen molar-refractivity contribution in [2.75, 3.05) is 13.6 Å². The quantitative estimate of drug-likeness (QED) is 0.719. The van der Waals surface area contributed by atoms with E-state index in [2.05, 4.69) is 16.9 Å². The highest BCUT2D eigenvalue weighted by atomic mass is 16.3. The first-order valence-corrected chi connectivity index (χ1v) is 8.98. The molecular formula is C18H30N4O3. The summed E-state index contributed by atoms with van der Waals surface area (Å²) in [5.74, 6) is 0.994. The van der Waals surface area contributed by atoms with Crippen LogP contribution in [-0.2, 0) is 7.05 Å². The molecule has 7 nitrogen and oxygen atoms in total. The van der Waals surface area contributed by atoms with Gasteiger partial charge in [-0.15, -0.1) is 5.60 Å². The van der Waals surface area contributed by atoms with Crippen molar-refractivity contribution >= 4 is 17.8 Å². The van der Waals surface area contributed by atoms with Gasteiger partial charge in [-0.05, 0) is 18.8 Å². The fourth-order valence-corrected chi connectivity index (χ4v) is 3.40. The Balaban J connectivity index is 1.93. The second-order valence-electron chi connectivity index (χ2n) is 8.13. The maximum Gasteiger partial charge on any atom is 0.330 e. The molecule has 25 heavy (non-hydrogen) atoms. The van der Waals surface area contributed by atoms with Gasteiger partial charge in [0.25, 0.3) is 0 Å². The summed E-state index contributed by atoms with van der Waals surface area (Å²) in [6.07, 6.45) is 6.44. The number of aromatic nitrogens is 2. The molecule has 0 radical (unpaired) electrons. The van der Waals surface area contributed by atoms with Crippen LogP contribution in [0.25, 0.3) is 0 Å². The molecule has 0 amide bonds. The van der Waals surface area contributed by atoms with Gasteiger partial charge in [0.15, 0.2) is 6.34 Å². The van der Waals surface area contributed by atoms with Crippen molar-refractivity contribution < 1.29 is 5.11 Å². The predicted octanol–water partition coefficient (Wildman–Crippen LogP) is 1.41. The zero-order chi connectivity index (χ0) is 18.8. The molecule has 0 saturated carbocycles. The minimum Gasteiger partial charge on any atom is -0.850 e. The monoisotopic (exact) mass is 350 g/mol. The lowest BCUT2D eigenvalue weighted by molar-refractivity contribution is -0.467. The molecule has 1 aliphatic heterocycles. The number of nitrogens with zero attached hydrogens (tertiary/aromatic N) is 3. The molecule has 1 N–H and O–H groups in total. The molecule has 1 unspecified atom stereocenters. The van der Waals surface area contributed by atoms with E-state index in [1.54, 1.807) is 27.2 Å². The molecule has 0 spiro atoms. The number of nitrogens with one attached hydrogen (secondary N) is 1. The highest BCUT2D eigenvalue weighted by molar-refractivity contribution is 5.86. The Kier molecular flexibility index (Phi) is 5.68. The molecule has 1 aliphatic rings. The second-order valence-corrected chi connectivity index (χ2v) is 8.13. The molecule has 140 valence electrons. The number of quaternary nitrogens is 1. The lowest BCUT2D eigenvalue weighted by Gasteiger charge is -2.31. The summed E-state index contributed by atoms with van der Waals surface area (Å²) >= 11 is 0.